The first kappa shape index (κ1) is 16.5. The third kappa shape index (κ3) is 4.11. The number of nitrogens with zero attached hydrogens (tertiary/aromatic N) is 1. The predicted octanol–water partition coefficient (Wildman–Crippen LogP) is 4.10. The summed E-state index contributed by atoms with van der Waals surface area (Å²) in [6.07, 6.45) is 0.559. The van der Waals surface area contributed by atoms with E-state index in [-0.39, 0.29) is 11.4 Å². The van der Waals surface area contributed by atoms with Gasteiger partial charge in [0.2, 0.25) is 0 Å². The summed E-state index contributed by atoms with van der Waals surface area (Å²) >= 11 is 1.39. The highest BCUT2D eigenvalue weighted by Gasteiger charge is 2.09. The lowest BCUT2D eigenvalue weighted by molar-refractivity contribution is 0.626. The largest absolute Gasteiger partial charge is 0.301 e. The molecule has 0 fully saturated rings. The average Bonchev–Trinajstić information content (AvgIpc) is 2.57. The second kappa shape index (κ2) is 7.45. The highest BCUT2D eigenvalue weighted by Crippen LogP contribution is 2.20. The highest BCUT2D eigenvalue weighted by molar-refractivity contribution is 7.98. The number of hydrogen-bond donors (Lipinski definition) is 1. The van der Waals surface area contributed by atoms with E-state index in [0.29, 0.717) is 22.9 Å². The molecule has 0 saturated carbocycles. The van der Waals surface area contributed by atoms with Crippen molar-refractivity contribution in [1.82, 2.24) is 9.97 Å². The lowest BCUT2D eigenvalue weighted by Gasteiger charge is -2.07. The summed E-state index contributed by atoms with van der Waals surface area (Å²) in [6.45, 7) is 1.85. The Bertz CT molecular complexity index is 893. The zero-order valence-corrected chi connectivity index (χ0v) is 14.1. The van der Waals surface area contributed by atoms with Crippen LogP contribution in [0.15, 0.2) is 64.5 Å². The summed E-state index contributed by atoms with van der Waals surface area (Å²) in [7, 11) is 0. The standard InChI is InChI=1S/C19H17FN2OS/c1-13-17(11-14-6-3-2-4-7-14)18(23)22-19(21-13)24-12-15-8-5-9-16(20)10-15/h2-10H,11-12H2,1H3,(H,21,22,23). The molecule has 0 aliphatic heterocycles. The van der Waals surface area contributed by atoms with Crippen LogP contribution in [0.1, 0.15) is 22.4 Å². The summed E-state index contributed by atoms with van der Waals surface area (Å²) in [5, 5.41) is 0.554. The Hall–Kier alpha value is -2.40. The lowest BCUT2D eigenvalue weighted by Crippen LogP contribution is -2.17. The highest BCUT2D eigenvalue weighted by atomic mass is 32.2. The smallest absolute Gasteiger partial charge is 0.255 e. The predicted molar refractivity (Wildman–Crippen MR) is 94.8 cm³/mol. The summed E-state index contributed by atoms with van der Waals surface area (Å²) in [5.74, 6) is 0.294. The fraction of sp³-hybridized carbons (Fsp3) is 0.158. The number of H-pyrrole nitrogens is 1. The molecular formula is C19H17FN2OS. The molecule has 1 heterocycles. The molecule has 122 valence electrons. The van der Waals surface area contributed by atoms with Crippen molar-refractivity contribution in [2.75, 3.05) is 0 Å². The van der Waals surface area contributed by atoms with Crippen LogP contribution < -0.4 is 5.56 Å². The molecule has 5 heteroatoms. The van der Waals surface area contributed by atoms with Crippen molar-refractivity contribution < 1.29 is 4.39 Å². The van der Waals surface area contributed by atoms with E-state index in [0.717, 1.165) is 16.8 Å². The molecule has 3 rings (SSSR count). The third-order valence-corrected chi connectivity index (χ3v) is 4.63. The van der Waals surface area contributed by atoms with Crippen molar-refractivity contribution in [3.05, 3.63) is 93.2 Å². The monoisotopic (exact) mass is 340 g/mol. The molecule has 0 aliphatic rings. The van der Waals surface area contributed by atoms with Gasteiger partial charge in [0.05, 0.1) is 0 Å². The van der Waals surface area contributed by atoms with Crippen LogP contribution >= 0.6 is 11.8 Å². The van der Waals surface area contributed by atoms with E-state index in [1.54, 1.807) is 6.07 Å². The average molecular weight is 340 g/mol. The van der Waals surface area contributed by atoms with Gasteiger partial charge >= 0.3 is 0 Å². The summed E-state index contributed by atoms with van der Waals surface area (Å²) in [6, 6.07) is 16.3. The van der Waals surface area contributed by atoms with Gasteiger partial charge < -0.3 is 4.98 Å². The summed E-state index contributed by atoms with van der Waals surface area (Å²) in [4.78, 5) is 19.7. The Balaban J connectivity index is 1.76. The van der Waals surface area contributed by atoms with Gasteiger partial charge in [0.15, 0.2) is 5.16 Å². The molecule has 2 aromatic carbocycles. The summed E-state index contributed by atoms with van der Waals surface area (Å²) < 4.78 is 13.2. The van der Waals surface area contributed by atoms with Gasteiger partial charge in [-0.2, -0.15) is 0 Å². The van der Waals surface area contributed by atoms with Crippen molar-refractivity contribution in [1.29, 1.82) is 0 Å². The fourth-order valence-electron chi connectivity index (χ4n) is 2.44. The van der Waals surface area contributed by atoms with Crippen LogP contribution in [-0.4, -0.2) is 9.97 Å². The van der Waals surface area contributed by atoms with E-state index >= 15 is 0 Å². The molecule has 0 radical (unpaired) electrons. The molecule has 0 saturated heterocycles. The lowest BCUT2D eigenvalue weighted by atomic mass is 10.1. The maximum absolute atomic E-state index is 13.2. The van der Waals surface area contributed by atoms with Crippen molar-refractivity contribution in [3.63, 3.8) is 0 Å². The van der Waals surface area contributed by atoms with Crippen molar-refractivity contribution in [2.24, 2.45) is 0 Å². The minimum Gasteiger partial charge on any atom is -0.301 e. The van der Waals surface area contributed by atoms with Gasteiger partial charge in [0, 0.05) is 23.4 Å². The zero-order valence-electron chi connectivity index (χ0n) is 13.3. The summed E-state index contributed by atoms with van der Waals surface area (Å²) in [5.41, 5.74) is 3.22. The molecule has 24 heavy (non-hydrogen) atoms. The second-order valence-corrected chi connectivity index (χ2v) is 6.48. The van der Waals surface area contributed by atoms with Gasteiger partial charge in [-0.1, -0.05) is 54.2 Å². The topological polar surface area (TPSA) is 45.8 Å². The number of aromatic amines is 1. The Labute approximate surface area is 144 Å². The molecule has 0 unspecified atom stereocenters. The van der Waals surface area contributed by atoms with E-state index in [1.165, 1.54) is 23.9 Å². The molecule has 0 spiro atoms. The van der Waals surface area contributed by atoms with Gasteiger partial charge in [-0.3, -0.25) is 4.79 Å². The number of hydrogen-bond acceptors (Lipinski definition) is 3. The molecule has 1 N–H and O–H groups in total. The third-order valence-electron chi connectivity index (χ3n) is 3.69. The minimum absolute atomic E-state index is 0.118. The number of aromatic nitrogens is 2. The number of rotatable bonds is 5. The van der Waals surface area contributed by atoms with Crippen molar-refractivity contribution in [2.45, 2.75) is 24.3 Å². The first-order chi connectivity index (χ1) is 11.6. The number of halogens is 1. The molecule has 1 aromatic heterocycles. The quantitative estimate of drug-likeness (QED) is 0.562. The fourth-order valence-corrected chi connectivity index (χ4v) is 3.29. The maximum atomic E-state index is 13.2. The van der Waals surface area contributed by atoms with Crippen LogP contribution in [0.4, 0.5) is 4.39 Å². The Morgan fingerprint density at radius 1 is 1.08 bits per heavy atom. The van der Waals surface area contributed by atoms with E-state index in [9.17, 15) is 9.18 Å². The molecule has 0 bridgehead atoms. The molecule has 0 atom stereocenters. The van der Waals surface area contributed by atoms with Crippen LogP contribution in [0, 0.1) is 12.7 Å². The van der Waals surface area contributed by atoms with Crippen molar-refractivity contribution >= 4 is 11.8 Å². The molecule has 0 amide bonds. The minimum atomic E-state index is -0.260. The van der Waals surface area contributed by atoms with Gasteiger partial charge in [-0.15, -0.1) is 0 Å². The van der Waals surface area contributed by atoms with E-state index in [4.69, 9.17) is 0 Å². The molecule has 3 aromatic rings. The second-order valence-electron chi connectivity index (χ2n) is 5.52. The zero-order chi connectivity index (χ0) is 16.9. The normalized spacial score (nSPS) is 10.8. The van der Waals surface area contributed by atoms with Gasteiger partial charge in [0.25, 0.3) is 5.56 Å². The first-order valence-electron chi connectivity index (χ1n) is 7.63. The maximum Gasteiger partial charge on any atom is 0.255 e. The molecule has 3 nitrogen and oxygen atoms in total. The SMILES string of the molecule is Cc1nc(SCc2cccc(F)c2)[nH]c(=O)c1Cc1ccccc1. The van der Waals surface area contributed by atoms with Crippen molar-refractivity contribution in [3.8, 4) is 0 Å². The van der Waals surface area contributed by atoms with Crippen LogP contribution in [0.3, 0.4) is 0 Å². The number of thioether (sulfide) groups is 1. The molecular weight excluding hydrogens is 323 g/mol. The van der Waals surface area contributed by atoms with Gasteiger partial charge in [-0.25, -0.2) is 9.37 Å². The van der Waals surface area contributed by atoms with Gasteiger partial charge in [0.1, 0.15) is 5.82 Å². The van der Waals surface area contributed by atoms with E-state index < -0.39 is 0 Å². The van der Waals surface area contributed by atoms with E-state index in [1.807, 2.05) is 43.3 Å². The van der Waals surface area contributed by atoms with Crippen LogP contribution in [0.25, 0.3) is 0 Å². The van der Waals surface area contributed by atoms with Crippen LogP contribution in [-0.2, 0) is 12.2 Å². The number of nitrogens with one attached hydrogen (secondary N) is 1. The Morgan fingerprint density at radius 2 is 1.83 bits per heavy atom. The van der Waals surface area contributed by atoms with Crippen LogP contribution in [0.5, 0.6) is 0 Å². The van der Waals surface area contributed by atoms with E-state index in [2.05, 4.69) is 9.97 Å². The van der Waals surface area contributed by atoms with Gasteiger partial charge in [-0.05, 0) is 30.2 Å². The van der Waals surface area contributed by atoms with Crippen LogP contribution in [0.2, 0.25) is 0 Å². The molecule has 0 aliphatic carbocycles. The number of benzene rings is 2. The Kier molecular flexibility index (Phi) is 5.11. The first-order valence-corrected chi connectivity index (χ1v) is 8.61. The number of aryl methyl sites for hydroxylation is 1. The Morgan fingerprint density at radius 3 is 2.54 bits per heavy atom.